The average molecular weight is 386 g/mol. The number of benzene rings is 2. The number of aryl methyl sites for hydroxylation is 2. The number of nitrogens with zero attached hydrogens (tertiary/aromatic N) is 2. The Morgan fingerprint density at radius 3 is 2.72 bits per heavy atom. The van der Waals surface area contributed by atoms with Crippen LogP contribution < -0.4 is 0 Å². The molecule has 0 spiro atoms. The summed E-state index contributed by atoms with van der Waals surface area (Å²) in [5.41, 5.74) is 5.51. The van der Waals surface area contributed by atoms with Crippen LogP contribution in [0.2, 0.25) is 0 Å². The Bertz CT molecular complexity index is 1210. The molecule has 0 saturated carbocycles. The van der Waals surface area contributed by atoms with E-state index in [2.05, 4.69) is 53.9 Å². The molecule has 0 radical (unpaired) electrons. The lowest BCUT2D eigenvalue weighted by atomic mass is 10.1. The van der Waals surface area contributed by atoms with Crippen molar-refractivity contribution in [1.82, 2.24) is 4.57 Å². The maximum Gasteiger partial charge on any atom is 0.373 e. The highest BCUT2D eigenvalue weighted by Gasteiger charge is 2.13. The molecule has 0 aliphatic heterocycles. The van der Waals surface area contributed by atoms with Crippen LogP contribution in [-0.2, 0) is 11.3 Å². The predicted molar refractivity (Wildman–Crippen MR) is 114 cm³/mol. The molecular formula is C24H22N2O3. The number of carbonyl (C=O) groups is 1. The first-order chi connectivity index (χ1) is 14.0. The fraction of sp³-hybridized carbons (Fsp3) is 0.167. The summed E-state index contributed by atoms with van der Waals surface area (Å²) < 4.78 is 12.4. The van der Waals surface area contributed by atoms with Crippen molar-refractivity contribution in [2.24, 2.45) is 4.99 Å². The van der Waals surface area contributed by atoms with Gasteiger partial charge in [-0.3, -0.25) is 4.99 Å². The van der Waals surface area contributed by atoms with E-state index in [0.29, 0.717) is 12.3 Å². The van der Waals surface area contributed by atoms with E-state index < -0.39 is 5.97 Å². The molecule has 4 rings (SSSR count). The quantitative estimate of drug-likeness (QED) is 0.339. The summed E-state index contributed by atoms with van der Waals surface area (Å²) in [7, 11) is 1.34. The molecule has 4 aromatic rings. The van der Waals surface area contributed by atoms with Crippen molar-refractivity contribution in [1.29, 1.82) is 0 Å². The Balaban J connectivity index is 1.66. The van der Waals surface area contributed by atoms with Gasteiger partial charge in [-0.1, -0.05) is 24.3 Å². The van der Waals surface area contributed by atoms with Crippen LogP contribution in [0.25, 0.3) is 10.9 Å². The minimum absolute atomic E-state index is 0.204. The van der Waals surface area contributed by atoms with Gasteiger partial charge in [0.2, 0.25) is 5.76 Å². The molecule has 0 unspecified atom stereocenters. The monoisotopic (exact) mass is 386 g/mol. The zero-order valence-electron chi connectivity index (χ0n) is 16.7. The molecule has 2 aromatic carbocycles. The van der Waals surface area contributed by atoms with Crippen molar-refractivity contribution >= 4 is 28.8 Å². The van der Waals surface area contributed by atoms with Crippen LogP contribution in [-0.4, -0.2) is 23.9 Å². The van der Waals surface area contributed by atoms with Gasteiger partial charge in [0.1, 0.15) is 5.76 Å². The second kappa shape index (κ2) is 7.80. The molecule has 5 heteroatoms. The highest BCUT2D eigenvalue weighted by atomic mass is 16.5. The molecule has 0 aliphatic carbocycles. The van der Waals surface area contributed by atoms with Gasteiger partial charge in [0, 0.05) is 28.9 Å². The van der Waals surface area contributed by atoms with Crippen molar-refractivity contribution in [3.05, 3.63) is 89.0 Å². The fourth-order valence-electron chi connectivity index (χ4n) is 3.30. The van der Waals surface area contributed by atoms with Gasteiger partial charge in [-0.25, -0.2) is 4.79 Å². The Kier molecular flexibility index (Phi) is 5.04. The molecule has 0 N–H and O–H groups in total. The van der Waals surface area contributed by atoms with Crippen LogP contribution in [0, 0.1) is 13.8 Å². The van der Waals surface area contributed by atoms with E-state index >= 15 is 0 Å². The number of para-hydroxylation sites is 1. The molecule has 146 valence electrons. The van der Waals surface area contributed by atoms with Gasteiger partial charge in [-0.05, 0) is 55.3 Å². The summed E-state index contributed by atoms with van der Waals surface area (Å²) in [4.78, 5) is 16.3. The molecule has 5 nitrogen and oxygen atoms in total. The van der Waals surface area contributed by atoms with E-state index in [0.717, 1.165) is 22.2 Å². The molecule has 0 bridgehead atoms. The summed E-state index contributed by atoms with van der Waals surface area (Å²) >= 11 is 0. The largest absolute Gasteiger partial charge is 0.463 e. The maximum absolute atomic E-state index is 11.6. The second-order valence-corrected chi connectivity index (χ2v) is 7.01. The number of aromatic nitrogens is 1. The summed E-state index contributed by atoms with van der Waals surface area (Å²) in [6, 6.07) is 17.8. The number of furan rings is 1. The lowest BCUT2D eigenvalue weighted by Gasteiger charge is -2.02. The highest BCUT2D eigenvalue weighted by molar-refractivity contribution is 6.00. The number of ether oxygens (including phenoxy) is 1. The zero-order valence-corrected chi connectivity index (χ0v) is 16.7. The van der Waals surface area contributed by atoms with E-state index in [4.69, 9.17) is 9.15 Å². The van der Waals surface area contributed by atoms with E-state index in [-0.39, 0.29) is 5.76 Å². The summed E-state index contributed by atoms with van der Waals surface area (Å²) in [6.45, 7) is 4.69. The minimum Gasteiger partial charge on any atom is -0.463 e. The molecule has 0 saturated heterocycles. The van der Waals surface area contributed by atoms with Crippen LogP contribution in [0.15, 0.2) is 70.2 Å². The Hall–Kier alpha value is -3.60. The minimum atomic E-state index is -0.477. The van der Waals surface area contributed by atoms with Gasteiger partial charge in [0.05, 0.1) is 19.3 Å². The topological polar surface area (TPSA) is 56.7 Å². The van der Waals surface area contributed by atoms with Crippen molar-refractivity contribution in [3.63, 3.8) is 0 Å². The number of aliphatic imine (C=N–C) groups is 1. The lowest BCUT2D eigenvalue weighted by Crippen LogP contribution is -1.99. The number of methoxy groups -OCH3 is 1. The fourth-order valence-corrected chi connectivity index (χ4v) is 3.30. The van der Waals surface area contributed by atoms with Gasteiger partial charge in [-0.2, -0.15) is 0 Å². The highest BCUT2D eigenvalue weighted by Crippen LogP contribution is 2.23. The standard InChI is InChI=1S/C24H22N2O3/c1-16-8-9-19(12-17(16)2)25-13-18-14-26(22-7-5-4-6-21(18)22)15-20-10-11-23(29-20)24(27)28-3/h4-14H,15H2,1-3H3. The first kappa shape index (κ1) is 18.7. The third kappa shape index (κ3) is 3.85. The summed E-state index contributed by atoms with van der Waals surface area (Å²) in [5.74, 6) is 0.411. The summed E-state index contributed by atoms with van der Waals surface area (Å²) in [6.07, 6.45) is 3.94. The average Bonchev–Trinajstić information content (AvgIpc) is 3.34. The van der Waals surface area contributed by atoms with E-state index in [9.17, 15) is 4.79 Å². The molecule has 29 heavy (non-hydrogen) atoms. The molecule has 2 heterocycles. The molecule has 2 aromatic heterocycles. The van der Waals surface area contributed by atoms with Crippen LogP contribution in [0.1, 0.15) is 33.0 Å². The predicted octanol–water partition coefficient (Wildman–Crippen LogP) is 5.44. The third-order valence-corrected chi connectivity index (χ3v) is 5.04. The SMILES string of the molecule is COC(=O)c1ccc(Cn2cc(C=Nc3ccc(C)c(C)c3)c3ccccc32)o1. The zero-order chi connectivity index (χ0) is 20.4. The number of fused-ring (bicyclic) bond motifs is 1. The maximum atomic E-state index is 11.6. The molecule has 0 aliphatic rings. The smallest absolute Gasteiger partial charge is 0.373 e. The molecule has 0 atom stereocenters. The van der Waals surface area contributed by atoms with Crippen LogP contribution >= 0.6 is 0 Å². The van der Waals surface area contributed by atoms with Crippen LogP contribution in [0.3, 0.4) is 0 Å². The van der Waals surface area contributed by atoms with Crippen molar-refractivity contribution in [2.45, 2.75) is 20.4 Å². The number of esters is 1. The normalized spacial score (nSPS) is 11.4. The number of hydrogen-bond acceptors (Lipinski definition) is 4. The van der Waals surface area contributed by atoms with E-state index in [1.807, 2.05) is 24.4 Å². The Morgan fingerprint density at radius 1 is 1.10 bits per heavy atom. The first-order valence-corrected chi connectivity index (χ1v) is 9.41. The van der Waals surface area contributed by atoms with Crippen molar-refractivity contribution in [2.75, 3.05) is 7.11 Å². The second-order valence-electron chi connectivity index (χ2n) is 7.01. The van der Waals surface area contributed by atoms with Crippen LogP contribution in [0.5, 0.6) is 0 Å². The van der Waals surface area contributed by atoms with Gasteiger partial charge in [0.25, 0.3) is 0 Å². The Morgan fingerprint density at radius 2 is 1.93 bits per heavy atom. The van der Waals surface area contributed by atoms with Gasteiger partial charge < -0.3 is 13.7 Å². The van der Waals surface area contributed by atoms with E-state index in [1.165, 1.54) is 18.2 Å². The number of carbonyl (C=O) groups excluding carboxylic acids is 1. The van der Waals surface area contributed by atoms with E-state index in [1.54, 1.807) is 12.1 Å². The molecule has 0 amide bonds. The lowest BCUT2D eigenvalue weighted by molar-refractivity contribution is 0.0563. The summed E-state index contributed by atoms with van der Waals surface area (Å²) in [5, 5.41) is 1.11. The van der Waals surface area contributed by atoms with Gasteiger partial charge in [-0.15, -0.1) is 0 Å². The van der Waals surface area contributed by atoms with Gasteiger partial charge >= 0.3 is 5.97 Å². The first-order valence-electron chi connectivity index (χ1n) is 9.41. The van der Waals surface area contributed by atoms with Crippen molar-refractivity contribution in [3.8, 4) is 0 Å². The van der Waals surface area contributed by atoms with Gasteiger partial charge in [0.15, 0.2) is 0 Å². The third-order valence-electron chi connectivity index (χ3n) is 5.04. The number of hydrogen-bond donors (Lipinski definition) is 0. The van der Waals surface area contributed by atoms with Crippen molar-refractivity contribution < 1.29 is 13.9 Å². The number of rotatable bonds is 5. The van der Waals surface area contributed by atoms with Crippen LogP contribution in [0.4, 0.5) is 5.69 Å². The molecular weight excluding hydrogens is 364 g/mol. The molecule has 0 fully saturated rings. The Labute approximate surface area is 169 Å².